The molecule has 1 aliphatic heterocycles. The van der Waals surface area contributed by atoms with E-state index in [9.17, 15) is 4.79 Å². The zero-order valence-corrected chi connectivity index (χ0v) is 15.7. The molecule has 1 fully saturated rings. The molecule has 1 amide bonds. The van der Waals surface area contributed by atoms with Crippen LogP contribution in [0.1, 0.15) is 26.3 Å². The first-order valence-corrected chi connectivity index (χ1v) is 9.11. The zero-order valence-electron chi connectivity index (χ0n) is 15.7. The monoisotopic (exact) mass is 345 g/mol. The Morgan fingerprint density at radius 1 is 1.16 bits per heavy atom. The van der Waals surface area contributed by atoms with Crippen molar-refractivity contribution in [2.45, 2.75) is 33.4 Å². The van der Waals surface area contributed by atoms with E-state index in [1.165, 1.54) is 5.56 Å². The average Bonchev–Trinajstić information content (AvgIpc) is 2.60. The van der Waals surface area contributed by atoms with Crippen LogP contribution in [0.5, 0.6) is 0 Å². The van der Waals surface area contributed by atoms with E-state index < -0.39 is 0 Å². The molecule has 0 aliphatic carbocycles. The summed E-state index contributed by atoms with van der Waals surface area (Å²) in [6.45, 7) is 11.9. The fraction of sp³-hybridized carbons (Fsp3) is 0.579. The van der Waals surface area contributed by atoms with Crippen LogP contribution in [0, 0.1) is 0 Å². The molecule has 6 nitrogen and oxygen atoms in total. The molecule has 25 heavy (non-hydrogen) atoms. The lowest BCUT2D eigenvalue weighted by Crippen LogP contribution is -2.50. The molecular weight excluding hydrogens is 314 g/mol. The van der Waals surface area contributed by atoms with Crippen molar-refractivity contribution in [3.05, 3.63) is 35.9 Å². The largest absolute Gasteiger partial charge is 0.355 e. The predicted molar refractivity (Wildman–Crippen MR) is 103 cm³/mol. The third-order valence-corrected chi connectivity index (χ3v) is 4.23. The summed E-state index contributed by atoms with van der Waals surface area (Å²) in [5, 5.41) is 6.80. The van der Waals surface area contributed by atoms with Crippen molar-refractivity contribution in [1.29, 1.82) is 0 Å². The molecule has 6 heteroatoms. The van der Waals surface area contributed by atoms with Crippen LogP contribution in [0.4, 0.5) is 0 Å². The molecule has 0 unspecified atom stereocenters. The number of amides is 1. The highest BCUT2D eigenvalue weighted by molar-refractivity contribution is 5.80. The Labute approximate surface area is 151 Å². The van der Waals surface area contributed by atoms with Gasteiger partial charge in [0.25, 0.3) is 0 Å². The fourth-order valence-electron chi connectivity index (χ4n) is 2.80. The quantitative estimate of drug-likeness (QED) is 0.603. The highest BCUT2D eigenvalue weighted by atomic mass is 16.2. The number of piperazine rings is 1. The Morgan fingerprint density at radius 3 is 2.44 bits per heavy atom. The van der Waals surface area contributed by atoms with Crippen LogP contribution in [-0.4, -0.2) is 67.0 Å². The summed E-state index contributed by atoms with van der Waals surface area (Å²) in [6.07, 6.45) is 0. The minimum Gasteiger partial charge on any atom is -0.355 e. The molecule has 1 heterocycles. The number of hydrogen-bond donors (Lipinski definition) is 2. The molecule has 0 radical (unpaired) electrons. The lowest BCUT2D eigenvalue weighted by atomic mass is 10.2. The van der Waals surface area contributed by atoms with Crippen LogP contribution >= 0.6 is 0 Å². The Kier molecular flexibility index (Phi) is 7.73. The van der Waals surface area contributed by atoms with Crippen LogP contribution in [0.15, 0.2) is 35.3 Å². The Morgan fingerprint density at radius 2 is 1.84 bits per heavy atom. The second kappa shape index (κ2) is 10.0. The van der Waals surface area contributed by atoms with E-state index in [1.54, 1.807) is 6.92 Å². The van der Waals surface area contributed by atoms with E-state index in [2.05, 4.69) is 46.5 Å². The van der Waals surface area contributed by atoms with Crippen LogP contribution in [-0.2, 0) is 11.3 Å². The van der Waals surface area contributed by atoms with Crippen molar-refractivity contribution in [2.24, 2.45) is 4.99 Å². The average molecular weight is 345 g/mol. The summed E-state index contributed by atoms with van der Waals surface area (Å²) < 4.78 is 0. The number of hydrogen-bond acceptors (Lipinski definition) is 3. The number of carbonyl (C=O) groups is 1. The van der Waals surface area contributed by atoms with Gasteiger partial charge in [0.2, 0.25) is 5.91 Å². The third-order valence-electron chi connectivity index (χ3n) is 4.23. The summed E-state index contributed by atoms with van der Waals surface area (Å²) in [5.41, 5.74) is 1.20. The molecule has 0 saturated carbocycles. The van der Waals surface area contributed by atoms with E-state index in [0.717, 1.165) is 45.2 Å². The topological polar surface area (TPSA) is 60.0 Å². The zero-order chi connectivity index (χ0) is 18.1. The standard InChI is InChI=1S/C19H31N5O/c1-16(2)22-19(21-15-18-7-5-4-6-8-18)20-9-10-23-11-13-24(14-12-23)17(3)25/h4-8,16H,9-15H2,1-3H3,(H2,20,21,22). The van der Waals surface area contributed by atoms with Gasteiger partial charge < -0.3 is 15.5 Å². The van der Waals surface area contributed by atoms with Crippen LogP contribution in [0.3, 0.4) is 0 Å². The lowest BCUT2D eigenvalue weighted by Gasteiger charge is -2.34. The minimum atomic E-state index is 0.175. The molecular formula is C19H31N5O. The highest BCUT2D eigenvalue weighted by Crippen LogP contribution is 2.02. The molecule has 1 aromatic rings. The number of nitrogens with one attached hydrogen (secondary N) is 2. The van der Waals surface area contributed by atoms with Gasteiger partial charge in [-0.1, -0.05) is 30.3 Å². The maximum absolute atomic E-state index is 11.4. The number of benzene rings is 1. The molecule has 2 N–H and O–H groups in total. The van der Waals surface area contributed by atoms with E-state index in [-0.39, 0.29) is 5.91 Å². The highest BCUT2D eigenvalue weighted by Gasteiger charge is 2.17. The fourth-order valence-corrected chi connectivity index (χ4v) is 2.80. The number of guanidine groups is 1. The van der Waals surface area contributed by atoms with E-state index in [4.69, 9.17) is 0 Å². The normalized spacial score (nSPS) is 16.2. The summed E-state index contributed by atoms with van der Waals surface area (Å²) in [7, 11) is 0. The van der Waals surface area contributed by atoms with Gasteiger partial charge in [-0.25, -0.2) is 4.99 Å². The van der Waals surface area contributed by atoms with Gasteiger partial charge in [-0.05, 0) is 19.4 Å². The predicted octanol–water partition coefficient (Wildman–Crippen LogP) is 1.29. The van der Waals surface area contributed by atoms with Crippen molar-refractivity contribution in [2.75, 3.05) is 39.3 Å². The second-order valence-electron chi connectivity index (χ2n) is 6.72. The Bertz CT molecular complexity index is 550. The molecule has 0 aromatic heterocycles. The summed E-state index contributed by atoms with van der Waals surface area (Å²) >= 11 is 0. The van der Waals surface area contributed by atoms with Crippen molar-refractivity contribution < 1.29 is 4.79 Å². The van der Waals surface area contributed by atoms with Gasteiger partial charge in [0, 0.05) is 52.2 Å². The first kappa shape index (κ1) is 19.2. The van der Waals surface area contributed by atoms with Crippen molar-refractivity contribution in [3.8, 4) is 0 Å². The lowest BCUT2D eigenvalue weighted by molar-refractivity contribution is -0.130. The molecule has 2 rings (SSSR count). The van der Waals surface area contributed by atoms with Crippen molar-refractivity contribution in [1.82, 2.24) is 20.4 Å². The molecule has 1 aromatic carbocycles. The van der Waals surface area contributed by atoms with E-state index >= 15 is 0 Å². The molecule has 1 aliphatic rings. The maximum atomic E-state index is 11.4. The first-order chi connectivity index (χ1) is 12.0. The van der Waals surface area contributed by atoms with Gasteiger partial charge >= 0.3 is 0 Å². The van der Waals surface area contributed by atoms with Crippen LogP contribution in [0.25, 0.3) is 0 Å². The van der Waals surface area contributed by atoms with Crippen molar-refractivity contribution >= 4 is 11.9 Å². The molecule has 1 saturated heterocycles. The van der Waals surface area contributed by atoms with Gasteiger partial charge in [0.1, 0.15) is 0 Å². The summed E-state index contributed by atoms with van der Waals surface area (Å²) in [4.78, 5) is 20.3. The van der Waals surface area contributed by atoms with E-state index in [1.807, 2.05) is 23.1 Å². The molecule has 0 atom stereocenters. The van der Waals surface area contributed by atoms with Crippen LogP contribution in [0.2, 0.25) is 0 Å². The Balaban J connectivity index is 1.77. The second-order valence-corrected chi connectivity index (χ2v) is 6.72. The SMILES string of the molecule is CC(=O)N1CCN(CCNC(=NCc2ccccc2)NC(C)C)CC1. The Hall–Kier alpha value is -2.08. The number of aliphatic imine (C=N–C) groups is 1. The molecule has 0 spiro atoms. The smallest absolute Gasteiger partial charge is 0.219 e. The van der Waals surface area contributed by atoms with Gasteiger partial charge in [-0.3, -0.25) is 9.69 Å². The van der Waals surface area contributed by atoms with Gasteiger partial charge in [-0.15, -0.1) is 0 Å². The van der Waals surface area contributed by atoms with Crippen LogP contribution < -0.4 is 10.6 Å². The van der Waals surface area contributed by atoms with Gasteiger partial charge in [-0.2, -0.15) is 0 Å². The number of carbonyl (C=O) groups excluding carboxylic acids is 1. The van der Waals surface area contributed by atoms with Gasteiger partial charge in [0.15, 0.2) is 5.96 Å². The maximum Gasteiger partial charge on any atom is 0.219 e. The van der Waals surface area contributed by atoms with E-state index in [0.29, 0.717) is 12.6 Å². The number of rotatable bonds is 6. The summed E-state index contributed by atoms with van der Waals surface area (Å²) in [6, 6.07) is 10.6. The van der Waals surface area contributed by atoms with Crippen molar-refractivity contribution in [3.63, 3.8) is 0 Å². The third kappa shape index (κ3) is 7.13. The minimum absolute atomic E-state index is 0.175. The first-order valence-electron chi connectivity index (χ1n) is 9.11. The molecule has 138 valence electrons. The van der Waals surface area contributed by atoms with Gasteiger partial charge in [0.05, 0.1) is 6.54 Å². The number of nitrogens with zero attached hydrogens (tertiary/aromatic N) is 3. The molecule has 0 bridgehead atoms. The summed E-state index contributed by atoms with van der Waals surface area (Å²) in [5.74, 6) is 1.02.